The molecule has 3 N–H and O–H groups in total. The van der Waals surface area contributed by atoms with Crippen LogP contribution in [-0.2, 0) is 0 Å². The molecular weight excluding hydrogens is 172 g/mol. The summed E-state index contributed by atoms with van der Waals surface area (Å²) in [4.78, 5) is 0. The van der Waals surface area contributed by atoms with Crippen molar-refractivity contribution in [2.75, 3.05) is 13.1 Å². The molecule has 14 heavy (non-hydrogen) atoms. The Kier molecular flexibility index (Phi) is 6.20. The number of rotatable bonds is 6. The third-order valence-corrected chi connectivity index (χ3v) is 3.40. The van der Waals surface area contributed by atoms with Crippen molar-refractivity contribution in [2.45, 2.75) is 57.9 Å². The molecule has 84 valence electrons. The average Bonchev–Trinajstić information content (AvgIpc) is 2.25. The lowest BCUT2D eigenvalue weighted by molar-refractivity contribution is 0.267. The van der Waals surface area contributed by atoms with Crippen molar-refractivity contribution < 1.29 is 0 Å². The summed E-state index contributed by atoms with van der Waals surface area (Å²) >= 11 is 0. The highest BCUT2D eigenvalue weighted by Gasteiger charge is 2.22. The van der Waals surface area contributed by atoms with Crippen molar-refractivity contribution in [3.63, 3.8) is 0 Å². The highest BCUT2D eigenvalue weighted by molar-refractivity contribution is 4.81. The van der Waals surface area contributed by atoms with E-state index in [1.165, 1.54) is 51.5 Å². The monoisotopic (exact) mass is 198 g/mol. The first-order valence-electron chi connectivity index (χ1n) is 6.32. The van der Waals surface area contributed by atoms with Gasteiger partial charge in [0.2, 0.25) is 0 Å². The van der Waals surface area contributed by atoms with E-state index in [0.717, 1.165) is 12.5 Å². The summed E-state index contributed by atoms with van der Waals surface area (Å²) < 4.78 is 0. The molecule has 1 aliphatic rings. The van der Waals surface area contributed by atoms with Crippen LogP contribution in [0.2, 0.25) is 0 Å². The second-order valence-electron chi connectivity index (χ2n) is 4.55. The van der Waals surface area contributed by atoms with Gasteiger partial charge in [0.05, 0.1) is 0 Å². The summed E-state index contributed by atoms with van der Waals surface area (Å²) in [6.07, 6.45) is 9.44. The van der Waals surface area contributed by atoms with Crippen LogP contribution in [-0.4, -0.2) is 19.1 Å². The molecule has 0 aromatic heterocycles. The minimum absolute atomic E-state index is 0.714. The van der Waals surface area contributed by atoms with Gasteiger partial charge in [0, 0.05) is 6.04 Å². The van der Waals surface area contributed by atoms with Gasteiger partial charge in [-0.3, -0.25) is 0 Å². The molecule has 0 bridgehead atoms. The van der Waals surface area contributed by atoms with Crippen LogP contribution in [0.1, 0.15) is 51.9 Å². The Morgan fingerprint density at radius 1 is 1.21 bits per heavy atom. The van der Waals surface area contributed by atoms with Gasteiger partial charge in [-0.1, -0.05) is 32.6 Å². The molecule has 0 saturated heterocycles. The van der Waals surface area contributed by atoms with Gasteiger partial charge in [-0.25, -0.2) is 0 Å². The van der Waals surface area contributed by atoms with Crippen LogP contribution in [0.25, 0.3) is 0 Å². The molecule has 1 fully saturated rings. The van der Waals surface area contributed by atoms with E-state index in [0.29, 0.717) is 6.04 Å². The Hall–Kier alpha value is -0.0800. The predicted molar refractivity (Wildman–Crippen MR) is 62.3 cm³/mol. The van der Waals surface area contributed by atoms with Crippen molar-refractivity contribution in [3.8, 4) is 0 Å². The highest BCUT2D eigenvalue weighted by atomic mass is 14.9. The lowest BCUT2D eigenvalue weighted by Crippen LogP contribution is -2.42. The van der Waals surface area contributed by atoms with Crippen molar-refractivity contribution in [2.24, 2.45) is 11.7 Å². The third-order valence-electron chi connectivity index (χ3n) is 3.40. The topological polar surface area (TPSA) is 38.0 Å². The molecule has 0 spiro atoms. The van der Waals surface area contributed by atoms with Crippen LogP contribution in [0.15, 0.2) is 0 Å². The molecule has 2 heteroatoms. The van der Waals surface area contributed by atoms with Gasteiger partial charge in [0.1, 0.15) is 0 Å². The number of nitrogens with two attached hydrogens (primary N) is 1. The molecule has 1 aliphatic carbocycles. The summed E-state index contributed by atoms with van der Waals surface area (Å²) in [5.41, 5.74) is 5.78. The molecule has 0 aromatic rings. The zero-order valence-electron chi connectivity index (χ0n) is 9.60. The third kappa shape index (κ3) is 3.97. The lowest BCUT2D eigenvalue weighted by Gasteiger charge is -2.31. The van der Waals surface area contributed by atoms with Crippen molar-refractivity contribution in [3.05, 3.63) is 0 Å². The van der Waals surface area contributed by atoms with E-state index in [4.69, 9.17) is 5.73 Å². The maximum absolute atomic E-state index is 5.78. The van der Waals surface area contributed by atoms with Crippen molar-refractivity contribution in [1.29, 1.82) is 0 Å². The van der Waals surface area contributed by atoms with E-state index in [9.17, 15) is 0 Å². The second kappa shape index (κ2) is 7.24. The quantitative estimate of drug-likeness (QED) is 0.643. The first-order valence-corrected chi connectivity index (χ1v) is 6.32. The second-order valence-corrected chi connectivity index (χ2v) is 4.55. The van der Waals surface area contributed by atoms with Gasteiger partial charge >= 0.3 is 0 Å². The Morgan fingerprint density at radius 3 is 2.71 bits per heavy atom. The first-order chi connectivity index (χ1) is 6.88. The molecule has 2 atom stereocenters. The van der Waals surface area contributed by atoms with Crippen molar-refractivity contribution >= 4 is 0 Å². The summed E-state index contributed by atoms with van der Waals surface area (Å²) in [7, 11) is 0. The van der Waals surface area contributed by atoms with E-state index in [2.05, 4.69) is 12.2 Å². The van der Waals surface area contributed by atoms with E-state index in [1.807, 2.05) is 0 Å². The molecule has 2 unspecified atom stereocenters. The Balaban J connectivity index is 2.13. The van der Waals surface area contributed by atoms with Crippen LogP contribution in [0.3, 0.4) is 0 Å². The zero-order chi connectivity index (χ0) is 10.2. The molecule has 2 nitrogen and oxygen atoms in total. The normalized spacial score (nSPS) is 27.9. The Morgan fingerprint density at radius 2 is 2.00 bits per heavy atom. The average molecular weight is 198 g/mol. The highest BCUT2D eigenvalue weighted by Crippen LogP contribution is 2.23. The standard InChI is InChI=1S/C12H26N2/c1-2-3-6-9-14-12-8-5-4-7-11(12)10-13/h11-12,14H,2-10,13H2,1H3. The van der Waals surface area contributed by atoms with Gasteiger partial charge in [-0.15, -0.1) is 0 Å². The lowest BCUT2D eigenvalue weighted by atomic mass is 9.84. The molecule has 0 radical (unpaired) electrons. The SMILES string of the molecule is CCCCCNC1CCCCC1CN. The van der Waals surface area contributed by atoms with Crippen molar-refractivity contribution in [1.82, 2.24) is 5.32 Å². The van der Waals surface area contributed by atoms with E-state index >= 15 is 0 Å². The number of unbranched alkanes of at least 4 members (excludes halogenated alkanes) is 2. The van der Waals surface area contributed by atoms with E-state index in [-0.39, 0.29) is 0 Å². The molecule has 0 aliphatic heterocycles. The summed E-state index contributed by atoms with van der Waals surface area (Å²) in [5, 5.41) is 3.68. The Labute approximate surface area is 88.6 Å². The first kappa shape index (κ1) is 12.0. The van der Waals surface area contributed by atoms with Crippen LogP contribution >= 0.6 is 0 Å². The fourth-order valence-corrected chi connectivity index (χ4v) is 2.42. The van der Waals surface area contributed by atoms with Gasteiger partial charge < -0.3 is 11.1 Å². The van der Waals surface area contributed by atoms with E-state index in [1.54, 1.807) is 0 Å². The Bertz CT molecular complexity index is 136. The van der Waals surface area contributed by atoms with Gasteiger partial charge in [-0.05, 0) is 38.3 Å². The van der Waals surface area contributed by atoms with Crippen LogP contribution < -0.4 is 11.1 Å². The molecule has 0 aromatic carbocycles. The van der Waals surface area contributed by atoms with Crippen LogP contribution in [0, 0.1) is 5.92 Å². The fraction of sp³-hybridized carbons (Fsp3) is 1.00. The number of nitrogens with one attached hydrogen (secondary N) is 1. The largest absolute Gasteiger partial charge is 0.330 e. The fourth-order valence-electron chi connectivity index (χ4n) is 2.42. The predicted octanol–water partition coefficient (Wildman–Crippen LogP) is 2.28. The van der Waals surface area contributed by atoms with E-state index < -0.39 is 0 Å². The number of hydrogen-bond acceptors (Lipinski definition) is 2. The minimum atomic E-state index is 0.714. The van der Waals surface area contributed by atoms with Crippen LogP contribution in [0.4, 0.5) is 0 Å². The summed E-state index contributed by atoms with van der Waals surface area (Å²) in [6.45, 7) is 4.31. The van der Waals surface area contributed by atoms with Crippen LogP contribution in [0.5, 0.6) is 0 Å². The molecule has 1 saturated carbocycles. The summed E-state index contributed by atoms with van der Waals surface area (Å²) in [5.74, 6) is 0.741. The molecule has 1 rings (SSSR count). The summed E-state index contributed by atoms with van der Waals surface area (Å²) in [6, 6.07) is 0.714. The van der Waals surface area contributed by atoms with Gasteiger partial charge in [-0.2, -0.15) is 0 Å². The maximum Gasteiger partial charge on any atom is 0.0107 e. The number of hydrogen-bond donors (Lipinski definition) is 2. The maximum atomic E-state index is 5.78. The van der Waals surface area contributed by atoms with Gasteiger partial charge in [0.15, 0.2) is 0 Å². The molecule has 0 heterocycles. The molecule has 0 amide bonds. The van der Waals surface area contributed by atoms with Gasteiger partial charge in [0.25, 0.3) is 0 Å². The minimum Gasteiger partial charge on any atom is -0.330 e. The molecular formula is C12H26N2. The zero-order valence-corrected chi connectivity index (χ0v) is 9.60. The smallest absolute Gasteiger partial charge is 0.0107 e.